The molecule has 290 valence electrons. The molecule has 0 fully saturated rings. The molecule has 0 saturated heterocycles. The Morgan fingerprint density at radius 3 is 1.24 bits per heavy atom. The standard InChI is InChI=1S/C45H81NO4/c1-3-5-7-9-11-13-15-17-19-21-23-25-27-29-31-33-39-50-45(49)43(40-41-35-37-42(47)38-36-41)46-44(48)34-32-30-28-26-24-22-20-18-16-14-12-10-8-6-4-2/h35-38,43,47H,3-34,39-40H2,1-2H3,(H,46,48)/t43-/m0/s1. The summed E-state index contributed by atoms with van der Waals surface area (Å²) < 4.78 is 5.65. The van der Waals surface area contributed by atoms with Gasteiger partial charge < -0.3 is 15.2 Å². The van der Waals surface area contributed by atoms with Gasteiger partial charge in [-0.1, -0.05) is 212 Å². The van der Waals surface area contributed by atoms with Crippen LogP contribution in [0.4, 0.5) is 0 Å². The fraction of sp³-hybridized carbons (Fsp3) is 0.822. The van der Waals surface area contributed by atoms with Gasteiger partial charge in [0.1, 0.15) is 11.8 Å². The first-order valence-corrected chi connectivity index (χ1v) is 21.8. The first-order valence-electron chi connectivity index (χ1n) is 21.8. The number of benzene rings is 1. The molecule has 1 rings (SSSR count). The maximum absolute atomic E-state index is 13.0. The first-order chi connectivity index (χ1) is 24.6. The normalized spacial score (nSPS) is 11.9. The highest BCUT2D eigenvalue weighted by Gasteiger charge is 2.22. The lowest BCUT2D eigenvalue weighted by atomic mass is 10.0. The van der Waals surface area contributed by atoms with Crippen LogP contribution >= 0.6 is 0 Å². The Hall–Kier alpha value is -2.04. The maximum atomic E-state index is 13.0. The van der Waals surface area contributed by atoms with E-state index < -0.39 is 6.04 Å². The molecule has 2 N–H and O–H groups in total. The van der Waals surface area contributed by atoms with Crippen LogP contribution in [-0.4, -0.2) is 29.6 Å². The van der Waals surface area contributed by atoms with Crippen LogP contribution in [0.3, 0.4) is 0 Å². The van der Waals surface area contributed by atoms with Crippen LogP contribution in [0.5, 0.6) is 5.75 Å². The first kappa shape index (κ1) is 46.0. The Balaban J connectivity index is 2.14. The molecule has 0 aliphatic carbocycles. The lowest BCUT2D eigenvalue weighted by Gasteiger charge is -2.18. The maximum Gasteiger partial charge on any atom is 0.328 e. The van der Waals surface area contributed by atoms with E-state index in [1.165, 1.54) is 173 Å². The lowest BCUT2D eigenvalue weighted by molar-refractivity contribution is -0.148. The van der Waals surface area contributed by atoms with Crippen LogP contribution in [0.15, 0.2) is 24.3 Å². The number of rotatable bonds is 37. The second-order valence-corrected chi connectivity index (χ2v) is 15.2. The molecule has 0 aromatic heterocycles. The zero-order chi connectivity index (χ0) is 36.2. The van der Waals surface area contributed by atoms with Crippen molar-refractivity contribution >= 4 is 11.9 Å². The van der Waals surface area contributed by atoms with Crippen molar-refractivity contribution in [3.8, 4) is 5.75 Å². The Morgan fingerprint density at radius 2 is 0.860 bits per heavy atom. The molecule has 0 saturated carbocycles. The van der Waals surface area contributed by atoms with Gasteiger partial charge in [0.15, 0.2) is 0 Å². The van der Waals surface area contributed by atoms with Crippen LogP contribution in [0, 0.1) is 0 Å². The summed E-state index contributed by atoms with van der Waals surface area (Å²) in [6, 6.07) is 6.12. The summed E-state index contributed by atoms with van der Waals surface area (Å²) in [7, 11) is 0. The molecule has 0 unspecified atom stereocenters. The van der Waals surface area contributed by atoms with Crippen molar-refractivity contribution in [3.05, 3.63) is 29.8 Å². The molecule has 50 heavy (non-hydrogen) atoms. The van der Waals surface area contributed by atoms with Crippen molar-refractivity contribution < 1.29 is 19.4 Å². The number of phenols is 1. The number of carbonyl (C=O) groups is 2. The fourth-order valence-corrected chi connectivity index (χ4v) is 6.91. The smallest absolute Gasteiger partial charge is 0.328 e. The Bertz CT molecular complexity index is 886. The summed E-state index contributed by atoms with van der Waals surface area (Å²) in [5, 5.41) is 12.6. The van der Waals surface area contributed by atoms with E-state index in [-0.39, 0.29) is 17.6 Å². The molecule has 1 aromatic carbocycles. The topological polar surface area (TPSA) is 75.6 Å². The predicted molar refractivity (Wildman–Crippen MR) is 214 cm³/mol. The lowest BCUT2D eigenvalue weighted by Crippen LogP contribution is -2.43. The molecular weight excluding hydrogens is 618 g/mol. The van der Waals surface area contributed by atoms with Gasteiger partial charge in [0, 0.05) is 12.8 Å². The van der Waals surface area contributed by atoms with Crippen LogP contribution < -0.4 is 5.32 Å². The van der Waals surface area contributed by atoms with Crippen molar-refractivity contribution in [2.75, 3.05) is 6.61 Å². The van der Waals surface area contributed by atoms with E-state index in [1.54, 1.807) is 24.3 Å². The quantitative estimate of drug-likeness (QED) is 0.0535. The molecule has 0 aliphatic heterocycles. The number of carbonyl (C=O) groups excluding carboxylic acids is 2. The molecule has 1 amide bonds. The van der Waals surface area contributed by atoms with E-state index in [0.29, 0.717) is 19.4 Å². The van der Waals surface area contributed by atoms with E-state index in [2.05, 4.69) is 19.2 Å². The van der Waals surface area contributed by atoms with Gasteiger partial charge in [-0.05, 0) is 30.5 Å². The average Bonchev–Trinajstić information content (AvgIpc) is 3.11. The van der Waals surface area contributed by atoms with E-state index in [9.17, 15) is 14.7 Å². The Morgan fingerprint density at radius 1 is 0.520 bits per heavy atom. The molecule has 0 bridgehead atoms. The van der Waals surface area contributed by atoms with Crippen LogP contribution in [0.1, 0.15) is 225 Å². The molecule has 1 atom stereocenters. The number of hydrogen-bond acceptors (Lipinski definition) is 4. The molecule has 1 aromatic rings. The Kier molecular flexibility index (Phi) is 32.5. The summed E-state index contributed by atoms with van der Waals surface area (Å²) in [5.41, 5.74) is 0.888. The van der Waals surface area contributed by atoms with E-state index in [1.807, 2.05) is 0 Å². The van der Waals surface area contributed by atoms with Crippen LogP contribution in [-0.2, 0) is 20.7 Å². The summed E-state index contributed by atoms with van der Waals surface area (Å²) in [6.45, 7) is 4.95. The number of unbranched alkanes of at least 4 members (excludes halogenated alkanes) is 29. The highest BCUT2D eigenvalue weighted by Crippen LogP contribution is 2.16. The van der Waals surface area contributed by atoms with Gasteiger partial charge >= 0.3 is 5.97 Å². The zero-order valence-corrected chi connectivity index (χ0v) is 33.1. The van der Waals surface area contributed by atoms with Gasteiger partial charge in [-0.15, -0.1) is 0 Å². The minimum Gasteiger partial charge on any atom is -0.508 e. The monoisotopic (exact) mass is 700 g/mol. The third kappa shape index (κ3) is 29.7. The number of hydrogen-bond donors (Lipinski definition) is 2. The van der Waals surface area contributed by atoms with Gasteiger partial charge in [-0.3, -0.25) is 4.79 Å². The minimum atomic E-state index is -0.704. The number of nitrogens with one attached hydrogen (secondary N) is 1. The van der Waals surface area contributed by atoms with Gasteiger partial charge in [0.25, 0.3) is 0 Å². The van der Waals surface area contributed by atoms with Gasteiger partial charge in [-0.25, -0.2) is 4.79 Å². The average molecular weight is 700 g/mol. The zero-order valence-electron chi connectivity index (χ0n) is 33.1. The van der Waals surface area contributed by atoms with Crippen molar-refractivity contribution in [1.29, 1.82) is 0 Å². The van der Waals surface area contributed by atoms with Crippen LogP contribution in [0.25, 0.3) is 0 Å². The highest BCUT2D eigenvalue weighted by molar-refractivity contribution is 5.84. The molecule has 5 heteroatoms. The largest absolute Gasteiger partial charge is 0.508 e. The molecule has 0 spiro atoms. The van der Waals surface area contributed by atoms with E-state index in [0.717, 1.165) is 31.2 Å². The number of ether oxygens (including phenoxy) is 1. The molecule has 5 nitrogen and oxygen atoms in total. The molecule has 0 radical (unpaired) electrons. The summed E-state index contributed by atoms with van der Waals surface area (Å²) in [5.74, 6) is -0.250. The summed E-state index contributed by atoms with van der Waals surface area (Å²) in [6.07, 6.45) is 41.2. The number of phenolic OH excluding ortho intramolecular Hbond substituents is 1. The van der Waals surface area contributed by atoms with Gasteiger partial charge in [0.05, 0.1) is 6.61 Å². The number of aromatic hydroxyl groups is 1. The highest BCUT2D eigenvalue weighted by atomic mass is 16.5. The third-order valence-electron chi connectivity index (χ3n) is 10.2. The van der Waals surface area contributed by atoms with E-state index in [4.69, 9.17) is 4.74 Å². The van der Waals surface area contributed by atoms with Gasteiger partial charge in [-0.2, -0.15) is 0 Å². The fourth-order valence-electron chi connectivity index (χ4n) is 6.91. The second-order valence-electron chi connectivity index (χ2n) is 15.2. The third-order valence-corrected chi connectivity index (χ3v) is 10.2. The molecule has 0 aliphatic rings. The van der Waals surface area contributed by atoms with Gasteiger partial charge in [0.2, 0.25) is 5.91 Å². The van der Waals surface area contributed by atoms with Crippen LogP contribution in [0.2, 0.25) is 0 Å². The number of esters is 1. The van der Waals surface area contributed by atoms with E-state index >= 15 is 0 Å². The van der Waals surface area contributed by atoms with Crippen molar-refractivity contribution in [2.24, 2.45) is 0 Å². The minimum absolute atomic E-state index is 0.0807. The molecule has 0 heterocycles. The SMILES string of the molecule is CCCCCCCCCCCCCCCCCCOC(=O)[C@H](Cc1ccc(O)cc1)NC(=O)CCCCCCCCCCCCCCCCC. The van der Waals surface area contributed by atoms with Crippen molar-refractivity contribution in [2.45, 2.75) is 232 Å². The predicted octanol–water partition coefficient (Wildman–Crippen LogP) is 13.5. The second kappa shape index (κ2) is 35.4. The summed E-state index contributed by atoms with van der Waals surface area (Å²) >= 11 is 0. The van der Waals surface area contributed by atoms with Crippen molar-refractivity contribution in [1.82, 2.24) is 5.32 Å². The van der Waals surface area contributed by atoms with Crippen molar-refractivity contribution in [3.63, 3.8) is 0 Å². The Labute approximate surface area is 309 Å². The number of amides is 1. The molecular formula is C45H81NO4. The summed E-state index contributed by atoms with van der Waals surface area (Å²) in [4.78, 5) is 25.8.